The van der Waals surface area contributed by atoms with Crippen LogP contribution in [-0.2, 0) is 0 Å². The average Bonchev–Trinajstić information content (AvgIpc) is 3.47. The van der Waals surface area contributed by atoms with E-state index in [1.165, 1.54) is 11.3 Å². The van der Waals surface area contributed by atoms with Crippen molar-refractivity contribution < 1.29 is 9.59 Å². The number of hydrazine groups is 1. The molecule has 0 radical (unpaired) electrons. The quantitative estimate of drug-likeness (QED) is 0.518. The summed E-state index contributed by atoms with van der Waals surface area (Å²) in [5.74, 6) is -0.804. The molecular formula is C19H14N4O2S2. The van der Waals surface area contributed by atoms with Crippen LogP contribution in [-0.4, -0.2) is 21.6 Å². The van der Waals surface area contributed by atoms with Crippen molar-refractivity contribution in [1.82, 2.24) is 20.6 Å². The van der Waals surface area contributed by atoms with Crippen LogP contribution in [0.2, 0.25) is 0 Å². The number of rotatable bonds is 4. The first-order valence-corrected chi connectivity index (χ1v) is 9.82. The second-order valence-electron chi connectivity index (χ2n) is 5.53. The molecule has 2 N–H and O–H groups in total. The van der Waals surface area contributed by atoms with Gasteiger partial charge in [0.05, 0.1) is 15.4 Å². The van der Waals surface area contributed by atoms with Gasteiger partial charge >= 0.3 is 0 Å². The van der Waals surface area contributed by atoms with Gasteiger partial charge in [0.15, 0.2) is 0 Å². The molecule has 1 aromatic carbocycles. The number of thiophene rings is 2. The van der Waals surface area contributed by atoms with E-state index in [9.17, 15) is 9.59 Å². The first-order valence-electron chi connectivity index (χ1n) is 8.06. The van der Waals surface area contributed by atoms with E-state index in [0.717, 1.165) is 10.6 Å². The molecule has 27 heavy (non-hydrogen) atoms. The Morgan fingerprint density at radius 1 is 0.852 bits per heavy atom. The molecule has 0 unspecified atom stereocenters. The Morgan fingerprint density at radius 2 is 1.59 bits per heavy atom. The van der Waals surface area contributed by atoms with Gasteiger partial charge in [0.2, 0.25) is 0 Å². The molecule has 0 aliphatic heterocycles. The van der Waals surface area contributed by atoms with Gasteiger partial charge in [-0.05, 0) is 41.1 Å². The number of benzene rings is 1. The number of aromatic nitrogens is 2. The van der Waals surface area contributed by atoms with Crippen LogP contribution in [0.25, 0.3) is 16.3 Å². The summed E-state index contributed by atoms with van der Waals surface area (Å²) in [4.78, 5) is 26.2. The Labute approximate surface area is 163 Å². The van der Waals surface area contributed by atoms with Crippen LogP contribution in [0.3, 0.4) is 0 Å². The first-order chi connectivity index (χ1) is 13.2. The van der Waals surface area contributed by atoms with Gasteiger partial charge in [0.1, 0.15) is 11.4 Å². The summed E-state index contributed by atoms with van der Waals surface area (Å²) < 4.78 is 1.57. The molecule has 2 amide bonds. The second kappa shape index (κ2) is 7.56. The van der Waals surface area contributed by atoms with Crippen LogP contribution in [0.1, 0.15) is 20.2 Å². The molecule has 0 saturated carbocycles. The maximum absolute atomic E-state index is 12.7. The zero-order chi connectivity index (χ0) is 18.6. The van der Waals surface area contributed by atoms with Crippen molar-refractivity contribution in [2.24, 2.45) is 0 Å². The minimum Gasteiger partial charge on any atom is -0.266 e. The molecule has 6 nitrogen and oxygen atoms in total. The van der Waals surface area contributed by atoms with E-state index in [1.54, 1.807) is 39.6 Å². The van der Waals surface area contributed by atoms with E-state index < -0.39 is 5.91 Å². The van der Waals surface area contributed by atoms with Gasteiger partial charge in [-0.15, -0.1) is 22.7 Å². The topological polar surface area (TPSA) is 76.0 Å². The predicted octanol–water partition coefficient (Wildman–Crippen LogP) is 3.74. The number of carbonyl (C=O) groups is 2. The number of hydrogen-bond donors (Lipinski definition) is 2. The SMILES string of the molecule is O=C(NNC(=O)c1cc(-c2cccs2)nn1-c1ccccc1)c1cccs1. The summed E-state index contributed by atoms with van der Waals surface area (Å²) in [5.41, 5.74) is 6.69. The van der Waals surface area contributed by atoms with Gasteiger partial charge in [-0.2, -0.15) is 5.10 Å². The van der Waals surface area contributed by atoms with Crippen molar-refractivity contribution in [1.29, 1.82) is 0 Å². The molecule has 8 heteroatoms. The van der Waals surface area contributed by atoms with Crippen LogP contribution >= 0.6 is 22.7 Å². The number of nitrogens with one attached hydrogen (secondary N) is 2. The van der Waals surface area contributed by atoms with Crippen molar-refractivity contribution in [2.75, 3.05) is 0 Å². The number of hydrogen-bond acceptors (Lipinski definition) is 5. The molecule has 4 aromatic rings. The van der Waals surface area contributed by atoms with Gasteiger partial charge in [-0.3, -0.25) is 20.4 Å². The lowest BCUT2D eigenvalue weighted by molar-refractivity contribution is 0.0844. The fourth-order valence-corrected chi connectivity index (χ4v) is 3.80. The molecule has 3 aromatic heterocycles. The van der Waals surface area contributed by atoms with E-state index in [-0.39, 0.29) is 5.91 Å². The third-order valence-corrected chi connectivity index (χ3v) is 5.51. The molecule has 0 spiro atoms. The van der Waals surface area contributed by atoms with E-state index in [2.05, 4.69) is 16.0 Å². The third-order valence-electron chi connectivity index (χ3n) is 3.75. The lowest BCUT2D eigenvalue weighted by Crippen LogP contribution is -2.42. The zero-order valence-electron chi connectivity index (χ0n) is 14.0. The van der Waals surface area contributed by atoms with Crippen molar-refractivity contribution >= 4 is 34.5 Å². The Balaban J connectivity index is 1.62. The first kappa shape index (κ1) is 17.2. The lowest BCUT2D eigenvalue weighted by Gasteiger charge is -2.08. The van der Waals surface area contributed by atoms with E-state index in [1.807, 2.05) is 47.8 Å². The number of carbonyl (C=O) groups excluding carboxylic acids is 2. The Kier molecular flexibility index (Phi) is 4.82. The van der Waals surface area contributed by atoms with Crippen molar-refractivity contribution in [3.63, 3.8) is 0 Å². The van der Waals surface area contributed by atoms with Crippen molar-refractivity contribution in [3.8, 4) is 16.3 Å². The highest BCUT2D eigenvalue weighted by Gasteiger charge is 2.19. The van der Waals surface area contributed by atoms with Gasteiger partial charge < -0.3 is 0 Å². The third kappa shape index (κ3) is 3.67. The highest BCUT2D eigenvalue weighted by molar-refractivity contribution is 7.13. The van der Waals surface area contributed by atoms with Crippen LogP contribution in [0, 0.1) is 0 Å². The number of nitrogens with zero attached hydrogens (tertiary/aromatic N) is 2. The van der Waals surface area contributed by atoms with Gasteiger partial charge in [0.25, 0.3) is 11.8 Å². The highest BCUT2D eigenvalue weighted by Crippen LogP contribution is 2.25. The molecular weight excluding hydrogens is 380 g/mol. The smallest absolute Gasteiger partial charge is 0.266 e. The predicted molar refractivity (Wildman–Crippen MR) is 106 cm³/mol. The molecule has 0 aliphatic carbocycles. The van der Waals surface area contributed by atoms with Crippen molar-refractivity contribution in [2.45, 2.75) is 0 Å². The van der Waals surface area contributed by atoms with Gasteiger partial charge in [-0.25, -0.2) is 4.68 Å². The number of amides is 2. The highest BCUT2D eigenvalue weighted by atomic mass is 32.1. The fraction of sp³-hybridized carbons (Fsp3) is 0. The van der Waals surface area contributed by atoms with Gasteiger partial charge in [-0.1, -0.05) is 30.3 Å². The van der Waals surface area contributed by atoms with Crippen LogP contribution in [0.4, 0.5) is 0 Å². The summed E-state index contributed by atoms with van der Waals surface area (Å²) >= 11 is 2.85. The minimum atomic E-state index is -0.445. The largest absolute Gasteiger partial charge is 0.288 e. The van der Waals surface area contributed by atoms with Crippen LogP contribution in [0.15, 0.2) is 71.4 Å². The maximum Gasteiger partial charge on any atom is 0.288 e. The second-order valence-corrected chi connectivity index (χ2v) is 7.42. The van der Waals surface area contributed by atoms with E-state index in [0.29, 0.717) is 16.3 Å². The Morgan fingerprint density at radius 3 is 2.30 bits per heavy atom. The molecule has 3 heterocycles. The Hall–Kier alpha value is -3.23. The van der Waals surface area contributed by atoms with Crippen LogP contribution < -0.4 is 10.9 Å². The number of para-hydroxylation sites is 1. The van der Waals surface area contributed by atoms with Crippen LogP contribution in [0.5, 0.6) is 0 Å². The maximum atomic E-state index is 12.7. The molecule has 0 aliphatic rings. The molecule has 0 fully saturated rings. The average molecular weight is 394 g/mol. The summed E-state index contributed by atoms with van der Waals surface area (Å²) in [6, 6.07) is 18.4. The zero-order valence-corrected chi connectivity index (χ0v) is 15.6. The fourth-order valence-electron chi connectivity index (χ4n) is 2.50. The van der Waals surface area contributed by atoms with Crippen molar-refractivity contribution in [3.05, 3.63) is 82.0 Å². The summed E-state index contributed by atoms with van der Waals surface area (Å²) in [6.45, 7) is 0. The summed E-state index contributed by atoms with van der Waals surface area (Å²) in [6.07, 6.45) is 0. The molecule has 0 bridgehead atoms. The summed E-state index contributed by atoms with van der Waals surface area (Å²) in [7, 11) is 0. The van der Waals surface area contributed by atoms with Gasteiger partial charge in [0, 0.05) is 0 Å². The Bertz CT molecular complexity index is 1050. The molecule has 0 atom stereocenters. The monoisotopic (exact) mass is 394 g/mol. The van der Waals surface area contributed by atoms with E-state index >= 15 is 0 Å². The minimum absolute atomic E-state index is 0.330. The standard InChI is InChI=1S/C19H14N4O2S2/c24-18(20-21-19(25)17-9-5-11-27-17)15-12-14(16-8-4-10-26-16)22-23(15)13-6-2-1-3-7-13/h1-12H,(H,20,24)(H,21,25). The van der Waals surface area contributed by atoms with E-state index in [4.69, 9.17) is 0 Å². The summed E-state index contributed by atoms with van der Waals surface area (Å²) in [5, 5.41) is 8.33. The normalized spacial score (nSPS) is 10.5. The molecule has 0 saturated heterocycles. The lowest BCUT2D eigenvalue weighted by atomic mass is 10.3. The molecule has 4 rings (SSSR count). The molecule has 134 valence electrons.